The minimum absolute atomic E-state index is 0.274. The highest BCUT2D eigenvalue weighted by molar-refractivity contribution is 7.99. The van der Waals surface area contributed by atoms with Crippen LogP contribution in [0.1, 0.15) is 11.1 Å². The average molecular weight is 293 g/mol. The molecule has 5 nitrogen and oxygen atoms in total. The lowest BCUT2D eigenvalue weighted by Gasteiger charge is -2.15. The first kappa shape index (κ1) is 14.9. The molecule has 0 fully saturated rings. The van der Waals surface area contributed by atoms with Gasteiger partial charge >= 0.3 is 0 Å². The molecule has 1 heterocycles. The SMILES string of the molecule is Cc1cccc(C)c1OCC(O)CSc1nncn1C. The lowest BCUT2D eigenvalue weighted by molar-refractivity contribution is 0.125. The van der Waals surface area contributed by atoms with E-state index in [4.69, 9.17) is 4.74 Å². The lowest BCUT2D eigenvalue weighted by Crippen LogP contribution is -2.21. The Morgan fingerprint density at radius 1 is 1.35 bits per heavy atom. The van der Waals surface area contributed by atoms with Gasteiger partial charge in [-0.1, -0.05) is 30.0 Å². The van der Waals surface area contributed by atoms with Crippen molar-refractivity contribution >= 4 is 11.8 Å². The van der Waals surface area contributed by atoms with Gasteiger partial charge in [0.1, 0.15) is 18.7 Å². The Balaban J connectivity index is 1.83. The third-order valence-corrected chi connectivity index (χ3v) is 4.08. The molecular formula is C14H19N3O2S. The second-order valence-corrected chi connectivity index (χ2v) is 5.71. The van der Waals surface area contributed by atoms with Crippen LogP contribution in [-0.2, 0) is 7.05 Å². The standard InChI is InChI=1S/C14H19N3O2S/c1-10-5-4-6-11(2)13(10)19-7-12(18)8-20-14-16-15-9-17(14)3/h4-6,9,12,18H,7-8H2,1-3H3. The second-order valence-electron chi connectivity index (χ2n) is 4.72. The smallest absolute Gasteiger partial charge is 0.190 e. The Bertz CT molecular complexity index is 551. The van der Waals surface area contributed by atoms with Gasteiger partial charge in [-0.2, -0.15) is 0 Å². The van der Waals surface area contributed by atoms with Gasteiger partial charge in [-0.25, -0.2) is 0 Å². The highest BCUT2D eigenvalue weighted by atomic mass is 32.2. The highest BCUT2D eigenvalue weighted by Crippen LogP contribution is 2.23. The van der Waals surface area contributed by atoms with Crippen molar-refractivity contribution in [2.45, 2.75) is 25.1 Å². The van der Waals surface area contributed by atoms with E-state index >= 15 is 0 Å². The molecule has 0 aliphatic carbocycles. The predicted molar refractivity (Wildman–Crippen MR) is 79.1 cm³/mol. The van der Waals surface area contributed by atoms with E-state index in [1.807, 2.05) is 43.7 Å². The maximum absolute atomic E-state index is 9.98. The largest absolute Gasteiger partial charge is 0.490 e. The number of aliphatic hydroxyl groups excluding tert-OH is 1. The summed E-state index contributed by atoms with van der Waals surface area (Å²) >= 11 is 1.46. The van der Waals surface area contributed by atoms with E-state index in [9.17, 15) is 5.11 Å². The van der Waals surface area contributed by atoms with Gasteiger partial charge in [-0.05, 0) is 25.0 Å². The minimum atomic E-state index is -0.546. The summed E-state index contributed by atoms with van der Waals surface area (Å²) in [5.41, 5.74) is 2.16. The number of hydrogen-bond donors (Lipinski definition) is 1. The number of thioether (sulfide) groups is 1. The van der Waals surface area contributed by atoms with E-state index in [0.29, 0.717) is 5.75 Å². The van der Waals surface area contributed by atoms with Gasteiger partial charge in [0.25, 0.3) is 0 Å². The number of ether oxygens (including phenoxy) is 1. The summed E-state index contributed by atoms with van der Waals surface area (Å²) in [6.45, 7) is 4.28. The number of aromatic nitrogens is 3. The van der Waals surface area contributed by atoms with Crippen LogP contribution in [0.5, 0.6) is 5.75 Å². The van der Waals surface area contributed by atoms with Crippen molar-refractivity contribution in [3.05, 3.63) is 35.7 Å². The molecule has 108 valence electrons. The molecule has 1 aromatic heterocycles. The summed E-state index contributed by atoms with van der Waals surface area (Å²) < 4.78 is 7.55. The fourth-order valence-corrected chi connectivity index (χ4v) is 2.62. The van der Waals surface area contributed by atoms with E-state index in [1.54, 1.807) is 6.33 Å². The monoisotopic (exact) mass is 293 g/mol. The number of aliphatic hydroxyl groups is 1. The molecule has 0 saturated heterocycles. The van der Waals surface area contributed by atoms with Crippen LogP contribution in [0.4, 0.5) is 0 Å². The van der Waals surface area contributed by atoms with Gasteiger partial charge in [-0.15, -0.1) is 10.2 Å². The van der Waals surface area contributed by atoms with Gasteiger partial charge in [0.05, 0.1) is 6.10 Å². The zero-order chi connectivity index (χ0) is 14.5. The predicted octanol–water partition coefficient (Wildman–Crippen LogP) is 1.96. The van der Waals surface area contributed by atoms with Gasteiger partial charge in [0.2, 0.25) is 0 Å². The van der Waals surface area contributed by atoms with Crippen LogP contribution in [0, 0.1) is 13.8 Å². The van der Waals surface area contributed by atoms with Crippen LogP contribution in [0.15, 0.2) is 29.7 Å². The number of hydrogen-bond acceptors (Lipinski definition) is 5. The van der Waals surface area contributed by atoms with E-state index in [1.165, 1.54) is 11.8 Å². The van der Waals surface area contributed by atoms with Crippen molar-refractivity contribution in [2.24, 2.45) is 7.05 Å². The average Bonchev–Trinajstić information content (AvgIpc) is 2.81. The molecule has 1 aromatic carbocycles. The molecule has 2 rings (SSSR count). The normalized spacial score (nSPS) is 12.4. The molecule has 0 amide bonds. The van der Waals surface area contributed by atoms with Crippen molar-refractivity contribution in [1.82, 2.24) is 14.8 Å². The molecule has 6 heteroatoms. The summed E-state index contributed by atoms with van der Waals surface area (Å²) in [5.74, 6) is 1.38. The van der Waals surface area contributed by atoms with Crippen LogP contribution in [0.2, 0.25) is 0 Å². The Morgan fingerprint density at radius 2 is 2.05 bits per heavy atom. The fraction of sp³-hybridized carbons (Fsp3) is 0.429. The quantitative estimate of drug-likeness (QED) is 0.825. The van der Waals surface area contributed by atoms with Crippen molar-refractivity contribution in [3.63, 3.8) is 0 Å². The Labute approximate surface area is 123 Å². The van der Waals surface area contributed by atoms with Crippen molar-refractivity contribution in [1.29, 1.82) is 0 Å². The molecule has 1 N–H and O–H groups in total. The maximum atomic E-state index is 9.98. The first-order valence-corrected chi connectivity index (χ1v) is 7.40. The van der Waals surface area contributed by atoms with E-state index in [2.05, 4.69) is 10.2 Å². The van der Waals surface area contributed by atoms with Gasteiger partial charge in [0, 0.05) is 12.8 Å². The first-order chi connectivity index (χ1) is 9.58. The van der Waals surface area contributed by atoms with E-state index in [-0.39, 0.29) is 6.61 Å². The Kier molecular flexibility index (Phi) is 5.03. The third kappa shape index (κ3) is 3.74. The molecule has 20 heavy (non-hydrogen) atoms. The summed E-state index contributed by atoms with van der Waals surface area (Å²) in [4.78, 5) is 0. The minimum Gasteiger partial charge on any atom is -0.490 e. The molecule has 2 aromatic rings. The molecular weight excluding hydrogens is 274 g/mol. The molecule has 1 atom stereocenters. The zero-order valence-corrected chi connectivity index (χ0v) is 12.7. The maximum Gasteiger partial charge on any atom is 0.190 e. The molecule has 0 saturated carbocycles. The third-order valence-electron chi connectivity index (χ3n) is 2.90. The van der Waals surface area contributed by atoms with Crippen molar-refractivity contribution in [3.8, 4) is 5.75 Å². The lowest BCUT2D eigenvalue weighted by atomic mass is 10.1. The topological polar surface area (TPSA) is 60.2 Å². The number of nitrogens with zero attached hydrogens (tertiary/aromatic N) is 3. The van der Waals surface area contributed by atoms with E-state index in [0.717, 1.165) is 22.0 Å². The van der Waals surface area contributed by atoms with E-state index < -0.39 is 6.10 Å². The number of aryl methyl sites for hydroxylation is 3. The molecule has 0 radical (unpaired) electrons. The van der Waals surface area contributed by atoms with Gasteiger partial charge in [-0.3, -0.25) is 0 Å². The Hall–Kier alpha value is -1.53. The fourth-order valence-electron chi connectivity index (χ4n) is 1.83. The van der Waals surface area contributed by atoms with Gasteiger partial charge < -0.3 is 14.4 Å². The number of benzene rings is 1. The number of para-hydroxylation sites is 1. The van der Waals surface area contributed by atoms with Crippen LogP contribution in [0.3, 0.4) is 0 Å². The van der Waals surface area contributed by atoms with Crippen LogP contribution < -0.4 is 4.74 Å². The molecule has 0 spiro atoms. The van der Waals surface area contributed by atoms with Crippen LogP contribution in [-0.4, -0.2) is 38.3 Å². The molecule has 0 bridgehead atoms. The second kappa shape index (κ2) is 6.76. The first-order valence-electron chi connectivity index (χ1n) is 6.42. The highest BCUT2D eigenvalue weighted by Gasteiger charge is 2.11. The molecule has 0 aliphatic heterocycles. The van der Waals surface area contributed by atoms with Crippen molar-refractivity contribution in [2.75, 3.05) is 12.4 Å². The summed E-state index contributed by atoms with van der Waals surface area (Å²) in [7, 11) is 1.88. The van der Waals surface area contributed by atoms with Gasteiger partial charge in [0.15, 0.2) is 5.16 Å². The number of rotatable bonds is 6. The zero-order valence-electron chi connectivity index (χ0n) is 11.9. The molecule has 0 aliphatic rings. The van der Waals surface area contributed by atoms with Crippen LogP contribution in [0.25, 0.3) is 0 Å². The Morgan fingerprint density at radius 3 is 2.65 bits per heavy atom. The summed E-state index contributed by atoms with van der Waals surface area (Å²) in [6, 6.07) is 6.00. The summed E-state index contributed by atoms with van der Waals surface area (Å²) in [6.07, 6.45) is 1.10. The van der Waals surface area contributed by atoms with Crippen LogP contribution >= 0.6 is 11.8 Å². The molecule has 1 unspecified atom stereocenters. The van der Waals surface area contributed by atoms with Crippen molar-refractivity contribution < 1.29 is 9.84 Å². The summed E-state index contributed by atoms with van der Waals surface area (Å²) in [5, 5.41) is 18.5.